The number of fused-ring (bicyclic) bond motifs is 1. The Morgan fingerprint density at radius 2 is 1.94 bits per heavy atom. The third-order valence-corrected chi connectivity index (χ3v) is 1.97. The van der Waals surface area contributed by atoms with Crippen molar-refractivity contribution in [2.45, 2.75) is 0 Å². The molecule has 0 amide bonds. The fourth-order valence-corrected chi connectivity index (χ4v) is 1.24. The number of H-pyrrole nitrogens is 2. The monoisotopic (exact) mass is 214 g/mol. The molecule has 0 saturated carbocycles. The van der Waals surface area contributed by atoms with E-state index in [0.29, 0.717) is 0 Å². The van der Waals surface area contributed by atoms with Crippen LogP contribution in [0.15, 0.2) is 53.6 Å². The van der Waals surface area contributed by atoms with Crippen molar-refractivity contribution in [3.05, 3.63) is 59.1 Å². The van der Waals surface area contributed by atoms with Crippen LogP contribution in [-0.4, -0.2) is 20.4 Å². The molecule has 0 aliphatic heterocycles. The van der Waals surface area contributed by atoms with Gasteiger partial charge in [-0.3, -0.25) is 4.79 Å². The van der Waals surface area contributed by atoms with Crippen LogP contribution in [0.4, 0.5) is 0 Å². The van der Waals surface area contributed by atoms with Gasteiger partial charge in [0.05, 0.1) is 6.20 Å². The van der Waals surface area contributed by atoms with Gasteiger partial charge in [-0.1, -0.05) is 23.4 Å². The van der Waals surface area contributed by atoms with Crippen molar-refractivity contribution >= 4 is 10.9 Å². The maximum atomic E-state index is 10.1. The Labute approximate surface area is 91.1 Å². The molecule has 0 aliphatic carbocycles. The molecule has 2 heterocycles. The number of para-hydroxylation sites is 1. The van der Waals surface area contributed by atoms with Gasteiger partial charge >= 0.3 is 0 Å². The lowest BCUT2D eigenvalue weighted by molar-refractivity contribution is 0.840. The van der Waals surface area contributed by atoms with E-state index in [2.05, 4.69) is 38.6 Å². The number of hydrogen-bond donors (Lipinski definition) is 2. The minimum Gasteiger partial charge on any atom is -0.361 e. The Hall–Kier alpha value is -2.43. The summed E-state index contributed by atoms with van der Waals surface area (Å²) in [5.41, 5.74) is 0.979. The number of rotatable bonds is 0. The standard InChI is InChI=1S/C8H7N.C3H3N3O/c1-2-4-8-7(3-1)5-6-9-8;7-3-1-2-4-6-5-3/h1-6,9H;1-2H,(H,4,5,7). The van der Waals surface area contributed by atoms with Crippen molar-refractivity contribution in [2.24, 2.45) is 0 Å². The second-order valence-electron chi connectivity index (χ2n) is 3.07. The van der Waals surface area contributed by atoms with Crippen LogP contribution in [0.1, 0.15) is 0 Å². The Morgan fingerprint density at radius 3 is 2.56 bits per heavy atom. The molecule has 3 aromatic rings. The van der Waals surface area contributed by atoms with Crippen molar-refractivity contribution in [3.8, 4) is 0 Å². The molecule has 0 saturated heterocycles. The van der Waals surface area contributed by atoms with Gasteiger partial charge in [-0.05, 0) is 17.5 Å². The van der Waals surface area contributed by atoms with Crippen LogP contribution < -0.4 is 5.56 Å². The van der Waals surface area contributed by atoms with Crippen molar-refractivity contribution in [1.29, 1.82) is 0 Å². The molecule has 2 N–H and O–H groups in total. The summed E-state index contributed by atoms with van der Waals surface area (Å²) in [5, 5.41) is 9.93. The van der Waals surface area contributed by atoms with Crippen LogP contribution in [0.25, 0.3) is 10.9 Å². The summed E-state index contributed by atoms with van der Waals surface area (Å²) in [6.07, 6.45) is 3.28. The van der Waals surface area contributed by atoms with E-state index in [-0.39, 0.29) is 5.56 Å². The highest BCUT2D eigenvalue weighted by molar-refractivity contribution is 5.78. The highest BCUT2D eigenvalue weighted by Crippen LogP contribution is 2.09. The molecule has 0 atom stereocenters. The Kier molecular flexibility index (Phi) is 3.08. The van der Waals surface area contributed by atoms with Crippen LogP contribution in [0.5, 0.6) is 0 Å². The number of aromatic amines is 2. The van der Waals surface area contributed by atoms with Crippen LogP contribution in [0.2, 0.25) is 0 Å². The average Bonchev–Trinajstić information content (AvgIpc) is 2.79. The lowest BCUT2D eigenvalue weighted by Crippen LogP contribution is -2.05. The average molecular weight is 214 g/mol. The third kappa shape index (κ3) is 2.54. The van der Waals surface area contributed by atoms with Crippen molar-refractivity contribution < 1.29 is 0 Å². The van der Waals surface area contributed by atoms with E-state index in [1.165, 1.54) is 23.2 Å². The number of nitrogens with one attached hydrogen (secondary N) is 2. The number of hydrogen-bond acceptors (Lipinski definition) is 3. The van der Waals surface area contributed by atoms with Gasteiger partial charge in [-0.2, -0.15) is 0 Å². The second-order valence-corrected chi connectivity index (χ2v) is 3.07. The number of aromatic nitrogens is 4. The topological polar surface area (TPSA) is 74.4 Å². The Balaban J connectivity index is 0.000000125. The van der Waals surface area contributed by atoms with Gasteiger partial charge in [0.25, 0.3) is 5.56 Å². The molecule has 0 bridgehead atoms. The van der Waals surface area contributed by atoms with E-state index in [1.807, 2.05) is 18.3 Å². The molecule has 5 heteroatoms. The third-order valence-electron chi connectivity index (χ3n) is 1.97. The molecule has 0 fully saturated rings. The Bertz CT molecular complexity index is 566. The van der Waals surface area contributed by atoms with Crippen LogP contribution in [0.3, 0.4) is 0 Å². The summed E-state index contributed by atoms with van der Waals surface area (Å²) in [7, 11) is 0. The SMILES string of the molecule is O=c1ccnn[nH]1.c1ccc2[nH]ccc2c1. The zero-order chi connectivity index (χ0) is 11.2. The molecule has 0 radical (unpaired) electrons. The van der Waals surface area contributed by atoms with Crippen LogP contribution >= 0.6 is 0 Å². The molecule has 1 aromatic carbocycles. The fraction of sp³-hybridized carbons (Fsp3) is 0. The van der Waals surface area contributed by atoms with Gasteiger partial charge in [-0.15, -0.1) is 5.10 Å². The zero-order valence-corrected chi connectivity index (χ0v) is 8.42. The molecule has 0 unspecified atom stereocenters. The van der Waals surface area contributed by atoms with Gasteiger partial charge in [0.15, 0.2) is 0 Å². The van der Waals surface area contributed by atoms with Crippen LogP contribution in [0, 0.1) is 0 Å². The molecule has 80 valence electrons. The first-order chi connectivity index (χ1) is 7.86. The molecule has 16 heavy (non-hydrogen) atoms. The van der Waals surface area contributed by atoms with Gasteiger partial charge in [0, 0.05) is 17.8 Å². The maximum Gasteiger partial charge on any atom is 0.267 e. The van der Waals surface area contributed by atoms with Crippen LogP contribution in [-0.2, 0) is 0 Å². The number of nitrogens with zero attached hydrogens (tertiary/aromatic N) is 2. The predicted octanol–water partition coefficient (Wildman–Crippen LogP) is 1.33. The van der Waals surface area contributed by atoms with E-state index < -0.39 is 0 Å². The molecule has 3 rings (SSSR count). The van der Waals surface area contributed by atoms with Crippen molar-refractivity contribution in [1.82, 2.24) is 20.4 Å². The summed E-state index contributed by atoms with van der Waals surface area (Å²) in [5.74, 6) is 0. The molecular weight excluding hydrogens is 204 g/mol. The van der Waals surface area contributed by atoms with Gasteiger partial charge < -0.3 is 4.98 Å². The minimum atomic E-state index is -0.227. The van der Waals surface area contributed by atoms with E-state index in [9.17, 15) is 4.79 Å². The largest absolute Gasteiger partial charge is 0.361 e. The maximum absolute atomic E-state index is 10.1. The highest BCUT2D eigenvalue weighted by atomic mass is 16.1. The van der Waals surface area contributed by atoms with E-state index in [0.717, 1.165) is 0 Å². The highest BCUT2D eigenvalue weighted by Gasteiger charge is 1.86. The van der Waals surface area contributed by atoms with Crippen molar-refractivity contribution in [2.75, 3.05) is 0 Å². The second kappa shape index (κ2) is 4.88. The molecule has 0 aliphatic rings. The smallest absolute Gasteiger partial charge is 0.267 e. The lowest BCUT2D eigenvalue weighted by atomic mass is 10.3. The normalized spacial score (nSPS) is 9.50. The van der Waals surface area contributed by atoms with E-state index in [4.69, 9.17) is 0 Å². The Morgan fingerprint density at radius 1 is 1.06 bits per heavy atom. The molecular formula is C11H10N4O. The summed E-state index contributed by atoms with van der Waals surface area (Å²) in [6.45, 7) is 0. The summed E-state index contributed by atoms with van der Waals surface area (Å²) < 4.78 is 0. The fourth-order valence-electron chi connectivity index (χ4n) is 1.24. The van der Waals surface area contributed by atoms with Gasteiger partial charge in [0.2, 0.25) is 0 Å². The first-order valence-corrected chi connectivity index (χ1v) is 4.75. The van der Waals surface area contributed by atoms with Gasteiger partial charge in [-0.25, -0.2) is 5.10 Å². The van der Waals surface area contributed by atoms with Gasteiger partial charge in [0.1, 0.15) is 0 Å². The first kappa shape index (κ1) is 10.1. The summed E-state index contributed by atoms with van der Waals surface area (Å²) in [6, 6.07) is 11.6. The molecule has 2 aromatic heterocycles. The van der Waals surface area contributed by atoms with E-state index in [1.54, 1.807) is 0 Å². The predicted molar refractivity (Wildman–Crippen MR) is 61.0 cm³/mol. The summed E-state index contributed by atoms with van der Waals surface area (Å²) in [4.78, 5) is 13.2. The van der Waals surface area contributed by atoms with Crippen molar-refractivity contribution in [3.63, 3.8) is 0 Å². The zero-order valence-electron chi connectivity index (χ0n) is 8.42. The summed E-state index contributed by atoms with van der Waals surface area (Å²) >= 11 is 0. The lowest BCUT2D eigenvalue weighted by Gasteiger charge is -1.83. The minimum absolute atomic E-state index is 0.227. The first-order valence-electron chi connectivity index (χ1n) is 4.75. The molecule has 0 spiro atoms. The van der Waals surface area contributed by atoms with E-state index >= 15 is 0 Å². The molecule has 5 nitrogen and oxygen atoms in total. The number of benzene rings is 1. The quantitative estimate of drug-likeness (QED) is 0.593.